The summed E-state index contributed by atoms with van der Waals surface area (Å²) >= 11 is 0. The van der Waals surface area contributed by atoms with E-state index in [-0.39, 0.29) is 23.4 Å². The Kier molecular flexibility index (Phi) is 8.35. The van der Waals surface area contributed by atoms with Crippen LogP contribution in [0.1, 0.15) is 27.2 Å². The molecule has 0 fully saturated rings. The van der Waals surface area contributed by atoms with Crippen molar-refractivity contribution < 1.29 is 0 Å². The van der Waals surface area contributed by atoms with Crippen LogP contribution in [0.5, 0.6) is 0 Å². The predicted octanol–water partition coefficient (Wildman–Crippen LogP) is 3.90. The zero-order chi connectivity index (χ0) is 22.0. The van der Waals surface area contributed by atoms with E-state index in [1.165, 1.54) is 6.08 Å². The Morgan fingerprint density at radius 2 is 1.90 bits per heavy atom. The lowest BCUT2D eigenvalue weighted by molar-refractivity contribution is 0.420. The fourth-order valence-corrected chi connectivity index (χ4v) is 2.64. The quantitative estimate of drug-likeness (QED) is 0.215. The third-order valence-corrected chi connectivity index (χ3v) is 4.22. The highest BCUT2D eigenvalue weighted by Gasteiger charge is 2.12. The van der Waals surface area contributed by atoms with Crippen molar-refractivity contribution in [1.29, 1.82) is 5.41 Å². The Bertz CT molecular complexity index is 938. The maximum atomic E-state index is 11.1. The lowest BCUT2D eigenvalue weighted by atomic mass is 9.62. The van der Waals surface area contributed by atoms with E-state index in [1.54, 1.807) is 12.2 Å². The van der Waals surface area contributed by atoms with Gasteiger partial charge in [0.1, 0.15) is 18.0 Å². The zero-order valence-electron chi connectivity index (χ0n) is 17.6. The normalized spacial score (nSPS) is 16.3. The summed E-state index contributed by atoms with van der Waals surface area (Å²) in [7, 11) is 0.719. The van der Waals surface area contributed by atoms with Crippen LogP contribution in [0.15, 0.2) is 93.0 Å². The van der Waals surface area contributed by atoms with E-state index in [0.717, 1.165) is 18.2 Å². The van der Waals surface area contributed by atoms with Crippen LogP contribution in [0.25, 0.3) is 0 Å². The summed E-state index contributed by atoms with van der Waals surface area (Å²) in [5, 5.41) is 18.2. The van der Waals surface area contributed by atoms with E-state index in [4.69, 9.17) is 5.41 Å². The minimum Gasteiger partial charge on any atom is -0.299 e. The lowest BCUT2D eigenvalue weighted by Gasteiger charge is -2.14. The van der Waals surface area contributed by atoms with E-state index in [1.807, 2.05) is 42.5 Å². The van der Waals surface area contributed by atoms with E-state index in [9.17, 15) is 9.81 Å². The van der Waals surface area contributed by atoms with Gasteiger partial charge in [-0.2, -0.15) is 10.0 Å². The molecule has 2 rings (SSSR count). The Labute approximate surface area is 177 Å². The average Bonchev–Trinajstić information content (AvgIpc) is 2.71. The van der Waals surface area contributed by atoms with Gasteiger partial charge >= 0.3 is 0 Å². The third-order valence-electron chi connectivity index (χ3n) is 4.22. The zero-order valence-corrected chi connectivity index (χ0v) is 17.6. The first kappa shape index (κ1) is 22.9. The number of hydrogen-bond donors (Lipinski definition) is 2. The Balaban J connectivity index is 2.19. The maximum absolute atomic E-state index is 11.1. The van der Waals surface area contributed by atoms with E-state index in [2.05, 4.69) is 41.7 Å². The number of benzene rings is 1. The van der Waals surface area contributed by atoms with Crippen LogP contribution in [0, 0.1) is 20.6 Å². The largest absolute Gasteiger partial charge is 0.299 e. The molecule has 0 amide bonds. The predicted molar refractivity (Wildman–Crippen MR) is 125 cm³/mol. The highest BCUT2D eigenvalue weighted by atomic mass is 16.3. The number of allylic oxidation sites excluding steroid dienone is 6. The molecule has 1 aromatic carbocycles. The molecule has 7 nitrogen and oxygen atoms in total. The molecule has 0 spiro atoms. The van der Waals surface area contributed by atoms with Gasteiger partial charge in [-0.15, -0.1) is 4.91 Å². The number of nitrogens with zero attached hydrogens (tertiary/aromatic N) is 3. The van der Waals surface area contributed by atoms with Crippen LogP contribution in [-0.2, 0) is 0 Å². The molecule has 0 saturated heterocycles. The molecule has 0 aromatic heterocycles. The number of rotatable bonds is 9. The van der Waals surface area contributed by atoms with Gasteiger partial charge in [-0.1, -0.05) is 79.4 Å². The summed E-state index contributed by atoms with van der Waals surface area (Å²) in [5.74, 6) is 0. The van der Waals surface area contributed by atoms with Gasteiger partial charge in [-0.3, -0.25) is 10.8 Å². The molecule has 0 aliphatic heterocycles. The molecule has 0 radical (unpaired) electrons. The maximum Gasteiger partial charge on any atom is 0.192 e. The van der Waals surface area contributed by atoms with Crippen molar-refractivity contribution in [3.05, 3.63) is 87.4 Å². The van der Waals surface area contributed by atoms with Crippen LogP contribution in [0.2, 0.25) is 0 Å². The number of hydrazone groups is 1. The standard InChI is InChI=1S/C22H26BN5O2/c1-22(2,3)12-11-18(28-30)14-19(15-25-29)26-27-21-13-17(9-10-20(21)24)23-16-7-5-4-6-8-16/h4-11,13-14,23-24,26H,12,15H2,1-3H3/b18-11+,19-14+,24-20?,27-21-. The summed E-state index contributed by atoms with van der Waals surface area (Å²) in [4.78, 5) is 21.9. The number of hydrogen-bond acceptors (Lipinski definition) is 7. The summed E-state index contributed by atoms with van der Waals surface area (Å²) in [6, 6.07) is 10.0. The smallest absolute Gasteiger partial charge is 0.192 e. The first-order chi connectivity index (χ1) is 14.3. The molecule has 0 saturated carbocycles. The summed E-state index contributed by atoms with van der Waals surface area (Å²) in [5.41, 5.74) is 6.15. The van der Waals surface area contributed by atoms with Crippen LogP contribution in [-0.4, -0.2) is 25.2 Å². The van der Waals surface area contributed by atoms with Gasteiger partial charge in [-0.25, -0.2) is 0 Å². The molecular weight excluding hydrogens is 377 g/mol. The molecular formula is C22H26BN5O2. The molecule has 1 aromatic rings. The molecule has 0 unspecified atom stereocenters. The number of nitrogens with one attached hydrogen (secondary N) is 2. The highest BCUT2D eigenvalue weighted by molar-refractivity contribution is 6.64. The molecule has 30 heavy (non-hydrogen) atoms. The van der Waals surface area contributed by atoms with Crippen molar-refractivity contribution in [1.82, 2.24) is 5.43 Å². The monoisotopic (exact) mass is 403 g/mol. The molecule has 1 aliphatic rings. The minimum absolute atomic E-state index is 0.00394. The van der Waals surface area contributed by atoms with Crippen molar-refractivity contribution >= 4 is 24.2 Å². The van der Waals surface area contributed by atoms with Gasteiger partial charge in [-0.05, 0) is 35.2 Å². The van der Waals surface area contributed by atoms with E-state index >= 15 is 0 Å². The van der Waals surface area contributed by atoms with Gasteiger partial charge in [0.2, 0.25) is 0 Å². The average molecular weight is 403 g/mol. The van der Waals surface area contributed by atoms with Gasteiger partial charge < -0.3 is 0 Å². The second-order valence-corrected chi connectivity index (χ2v) is 8.18. The molecule has 1 aliphatic carbocycles. The van der Waals surface area contributed by atoms with Crippen LogP contribution in [0.4, 0.5) is 0 Å². The van der Waals surface area contributed by atoms with Crippen molar-refractivity contribution in [2.24, 2.45) is 20.9 Å². The van der Waals surface area contributed by atoms with Crippen molar-refractivity contribution in [3.63, 3.8) is 0 Å². The summed E-state index contributed by atoms with van der Waals surface area (Å²) in [6.07, 6.45) is 9.23. The van der Waals surface area contributed by atoms with Crippen molar-refractivity contribution in [3.8, 4) is 0 Å². The molecule has 0 bridgehead atoms. The molecule has 0 heterocycles. The van der Waals surface area contributed by atoms with Gasteiger partial charge in [0.25, 0.3) is 0 Å². The topological polar surface area (TPSA) is 107 Å². The Morgan fingerprint density at radius 1 is 1.17 bits per heavy atom. The fourth-order valence-electron chi connectivity index (χ4n) is 2.64. The summed E-state index contributed by atoms with van der Waals surface area (Å²) < 4.78 is 0. The second kappa shape index (κ2) is 10.9. The third kappa shape index (κ3) is 7.91. The van der Waals surface area contributed by atoms with E-state index < -0.39 is 0 Å². The van der Waals surface area contributed by atoms with Crippen molar-refractivity contribution in [2.45, 2.75) is 27.2 Å². The Hall–Kier alpha value is -3.42. The van der Waals surface area contributed by atoms with Gasteiger partial charge in [0.05, 0.1) is 11.4 Å². The van der Waals surface area contributed by atoms with Gasteiger partial charge in [0.15, 0.2) is 7.28 Å². The van der Waals surface area contributed by atoms with E-state index in [0.29, 0.717) is 17.8 Å². The van der Waals surface area contributed by atoms with Crippen LogP contribution in [0.3, 0.4) is 0 Å². The Morgan fingerprint density at radius 3 is 2.53 bits per heavy atom. The number of nitroso groups, excluding NO2 is 2. The van der Waals surface area contributed by atoms with Crippen molar-refractivity contribution in [2.75, 3.05) is 6.54 Å². The van der Waals surface area contributed by atoms with Crippen LogP contribution < -0.4 is 10.9 Å². The molecule has 2 N–H and O–H groups in total. The SMILES string of the molecule is CC(C)(C)C/C=C(\C=C(/CN=O)N/N=C1/C=C(Bc2ccccc2)C=CC1=N)N=O. The van der Waals surface area contributed by atoms with Gasteiger partial charge in [0, 0.05) is 0 Å². The first-order valence-electron chi connectivity index (χ1n) is 9.69. The minimum atomic E-state index is -0.192. The highest BCUT2D eigenvalue weighted by Crippen LogP contribution is 2.20. The molecule has 0 atom stereocenters. The van der Waals surface area contributed by atoms with Crippen LogP contribution >= 0.6 is 0 Å². The summed E-state index contributed by atoms with van der Waals surface area (Å²) in [6.45, 7) is 5.96. The molecule has 154 valence electrons. The lowest BCUT2D eigenvalue weighted by Crippen LogP contribution is -2.22. The fraction of sp³-hybridized carbons (Fsp3) is 0.273. The molecule has 8 heteroatoms. The first-order valence-corrected chi connectivity index (χ1v) is 9.69. The second-order valence-electron chi connectivity index (χ2n) is 8.18.